The van der Waals surface area contributed by atoms with Crippen molar-refractivity contribution in [1.82, 2.24) is 4.90 Å². The van der Waals surface area contributed by atoms with Gasteiger partial charge in [0.15, 0.2) is 0 Å². The van der Waals surface area contributed by atoms with Gasteiger partial charge in [-0.15, -0.1) is 0 Å². The Balaban J connectivity index is 2.74. The fourth-order valence-corrected chi connectivity index (χ4v) is 1.79. The Morgan fingerprint density at radius 2 is 2.31 bits per heavy atom. The van der Waals surface area contributed by atoms with Gasteiger partial charge in [-0.05, 0) is 26.7 Å². The molecule has 1 unspecified atom stereocenters. The molecule has 1 aliphatic rings. The zero-order valence-electron chi connectivity index (χ0n) is 8.16. The molecule has 2 N–H and O–H groups in total. The zero-order valence-corrected chi connectivity index (χ0v) is 8.16. The van der Waals surface area contributed by atoms with Crippen LogP contribution in [0.15, 0.2) is 0 Å². The smallest absolute Gasteiger partial charge is 0.251 e. The summed E-state index contributed by atoms with van der Waals surface area (Å²) in [7, 11) is 0. The second-order valence-electron chi connectivity index (χ2n) is 3.92. The molecule has 1 saturated heterocycles. The van der Waals surface area contributed by atoms with E-state index < -0.39 is 11.6 Å². The Hall–Kier alpha value is -0.610. The highest BCUT2D eigenvalue weighted by atomic mass is 16.3. The van der Waals surface area contributed by atoms with Crippen LogP contribution in [0.5, 0.6) is 0 Å². The standard InChI is InChI=1S/C9H17NO3/c1-7(12)8(13)10-5-3-4-9(10,2)6-11/h7,11-12H,3-6H2,1-2H3/t7-,9?/m0/s1. The van der Waals surface area contributed by atoms with Gasteiger partial charge in [-0.1, -0.05) is 0 Å². The van der Waals surface area contributed by atoms with Gasteiger partial charge >= 0.3 is 0 Å². The average molecular weight is 187 g/mol. The molecule has 1 heterocycles. The van der Waals surface area contributed by atoms with Crippen molar-refractivity contribution in [1.29, 1.82) is 0 Å². The van der Waals surface area contributed by atoms with E-state index in [-0.39, 0.29) is 12.5 Å². The zero-order chi connectivity index (χ0) is 10.1. The van der Waals surface area contributed by atoms with E-state index in [0.717, 1.165) is 12.8 Å². The molecule has 4 heteroatoms. The number of carbonyl (C=O) groups excluding carboxylic acids is 1. The topological polar surface area (TPSA) is 60.8 Å². The Labute approximate surface area is 78.2 Å². The highest BCUT2D eigenvalue weighted by molar-refractivity contribution is 5.81. The molecular formula is C9H17NO3. The monoisotopic (exact) mass is 187 g/mol. The molecule has 0 aromatic carbocycles. The van der Waals surface area contributed by atoms with Crippen LogP contribution in [0.1, 0.15) is 26.7 Å². The summed E-state index contributed by atoms with van der Waals surface area (Å²) in [5, 5.41) is 18.3. The first kappa shape index (κ1) is 10.5. The van der Waals surface area contributed by atoms with Crippen molar-refractivity contribution in [3.8, 4) is 0 Å². The fraction of sp³-hybridized carbons (Fsp3) is 0.889. The Bertz CT molecular complexity index is 205. The SMILES string of the molecule is C[C@H](O)C(=O)N1CCCC1(C)CO. The lowest BCUT2D eigenvalue weighted by atomic mass is 10.00. The first-order valence-corrected chi connectivity index (χ1v) is 4.62. The number of aliphatic hydroxyl groups excluding tert-OH is 2. The quantitative estimate of drug-likeness (QED) is 0.626. The molecule has 0 aliphatic carbocycles. The van der Waals surface area contributed by atoms with Crippen LogP contribution in [0.3, 0.4) is 0 Å². The van der Waals surface area contributed by atoms with E-state index >= 15 is 0 Å². The van der Waals surface area contributed by atoms with Crippen LogP contribution in [-0.2, 0) is 4.79 Å². The van der Waals surface area contributed by atoms with E-state index in [2.05, 4.69) is 0 Å². The minimum absolute atomic E-state index is 0.0362. The average Bonchev–Trinajstić information content (AvgIpc) is 2.47. The molecule has 0 aromatic heterocycles. The molecule has 76 valence electrons. The first-order chi connectivity index (χ1) is 6.01. The van der Waals surface area contributed by atoms with Gasteiger partial charge in [0.05, 0.1) is 12.1 Å². The predicted molar refractivity (Wildman–Crippen MR) is 48.1 cm³/mol. The Kier molecular flexibility index (Phi) is 2.93. The third-order valence-electron chi connectivity index (χ3n) is 2.71. The minimum atomic E-state index is -0.969. The molecule has 2 atom stereocenters. The number of hydrogen-bond acceptors (Lipinski definition) is 3. The van der Waals surface area contributed by atoms with Crippen molar-refractivity contribution in [2.45, 2.75) is 38.3 Å². The third kappa shape index (κ3) is 1.84. The second-order valence-corrected chi connectivity index (χ2v) is 3.92. The lowest BCUT2D eigenvalue weighted by molar-refractivity contribution is -0.144. The normalized spacial score (nSPS) is 30.6. The van der Waals surface area contributed by atoms with E-state index in [1.807, 2.05) is 6.92 Å². The van der Waals surface area contributed by atoms with E-state index in [0.29, 0.717) is 6.54 Å². The number of rotatable bonds is 2. The Morgan fingerprint density at radius 1 is 1.69 bits per heavy atom. The third-order valence-corrected chi connectivity index (χ3v) is 2.71. The molecule has 13 heavy (non-hydrogen) atoms. The molecule has 0 saturated carbocycles. The molecule has 4 nitrogen and oxygen atoms in total. The molecule has 0 bridgehead atoms. The summed E-state index contributed by atoms with van der Waals surface area (Å²) in [4.78, 5) is 13.1. The van der Waals surface area contributed by atoms with Crippen molar-refractivity contribution < 1.29 is 15.0 Å². The number of aliphatic hydroxyl groups is 2. The lowest BCUT2D eigenvalue weighted by Crippen LogP contribution is -2.50. The first-order valence-electron chi connectivity index (χ1n) is 4.62. The highest BCUT2D eigenvalue weighted by Crippen LogP contribution is 2.28. The van der Waals surface area contributed by atoms with Crippen LogP contribution >= 0.6 is 0 Å². The van der Waals surface area contributed by atoms with Gasteiger partial charge in [-0.2, -0.15) is 0 Å². The molecule has 1 aliphatic heterocycles. The summed E-state index contributed by atoms with van der Waals surface area (Å²) in [6, 6.07) is 0. The van der Waals surface area contributed by atoms with Crippen LogP contribution in [-0.4, -0.2) is 45.8 Å². The van der Waals surface area contributed by atoms with Gasteiger partial charge < -0.3 is 15.1 Å². The summed E-state index contributed by atoms with van der Waals surface area (Å²) in [6.07, 6.45) is 0.737. The fourth-order valence-electron chi connectivity index (χ4n) is 1.79. The van der Waals surface area contributed by atoms with Crippen molar-refractivity contribution in [3.63, 3.8) is 0 Å². The summed E-state index contributed by atoms with van der Waals surface area (Å²) in [5.74, 6) is -0.283. The van der Waals surface area contributed by atoms with Crippen molar-refractivity contribution in [2.24, 2.45) is 0 Å². The van der Waals surface area contributed by atoms with Crippen molar-refractivity contribution >= 4 is 5.91 Å². The van der Waals surface area contributed by atoms with Crippen LogP contribution in [0.25, 0.3) is 0 Å². The van der Waals surface area contributed by atoms with Crippen LogP contribution < -0.4 is 0 Å². The Morgan fingerprint density at radius 3 is 2.77 bits per heavy atom. The van der Waals surface area contributed by atoms with Gasteiger partial charge in [0.2, 0.25) is 0 Å². The molecule has 1 amide bonds. The van der Waals surface area contributed by atoms with E-state index in [1.165, 1.54) is 6.92 Å². The van der Waals surface area contributed by atoms with Gasteiger partial charge in [0.1, 0.15) is 6.10 Å². The number of hydrogen-bond donors (Lipinski definition) is 2. The molecule has 0 radical (unpaired) electrons. The van der Waals surface area contributed by atoms with E-state index in [4.69, 9.17) is 10.2 Å². The lowest BCUT2D eigenvalue weighted by Gasteiger charge is -2.34. The van der Waals surface area contributed by atoms with E-state index in [1.54, 1.807) is 4.90 Å². The predicted octanol–water partition coefficient (Wildman–Crippen LogP) is -0.259. The highest BCUT2D eigenvalue weighted by Gasteiger charge is 2.39. The minimum Gasteiger partial charge on any atom is -0.394 e. The molecule has 1 fully saturated rings. The van der Waals surface area contributed by atoms with Crippen molar-refractivity contribution in [3.05, 3.63) is 0 Å². The summed E-state index contributed by atoms with van der Waals surface area (Å²) in [5.41, 5.74) is -0.464. The summed E-state index contributed by atoms with van der Waals surface area (Å²) in [6.45, 7) is 3.91. The maximum absolute atomic E-state index is 11.5. The molecule has 0 spiro atoms. The molecule has 0 aromatic rings. The molecular weight excluding hydrogens is 170 g/mol. The van der Waals surface area contributed by atoms with Gasteiger partial charge in [0.25, 0.3) is 5.91 Å². The van der Waals surface area contributed by atoms with Crippen LogP contribution in [0, 0.1) is 0 Å². The summed E-state index contributed by atoms with van der Waals surface area (Å²) >= 11 is 0. The summed E-state index contributed by atoms with van der Waals surface area (Å²) < 4.78 is 0. The number of likely N-dealkylation sites (tertiary alicyclic amines) is 1. The number of nitrogens with zero attached hydrogens (tertiary/aromatic N) is 1. The van der Waals surface area contributed by atoms with Gasteiger partial charge in [0, 0.05) is 6.54 Å². The van der Waals surface area contributed by atoms with E-state index in [9.17, 15) is 4.79 Å². The molecule has 1 rings (SSSR count). The largest absolute Gasteiger partial charge is 0.394 e. The number of amides is 1. The number of carbonyl (C=O) groups is 1. The van der Waals surface area contributed by atoms with Crippen LogP contribution in [0.4, 0.5) is 0 Å². The maximum Gasteiger partial charge on any atom is 0.251 e. The van der Waals surface area contributed by atoms with Crippen molar-refractivity contribution in [2.75, 3.05) is 13.2 Å². The maximum atomic E-state index is 11.5. The van der Waals surface area contributed by atoms with Crippen LogP contribution in [0.2, 0.25) is 0 Å². The van der Waals surface area contributed by atoms with Gasteiger partial charge in [-0.25, -0.2) is 0 Å². The van der Waals surface area contributed by atoms with Gasteiger partial charge in [-0.3, -0.25) is 4.79 Å². The second kappa shape index (κ2) is 3.64.